The second kappa shape index (κ2) is 12.7. The number of nitrogens with zero attached hydrogens (tertiary/aromatic N) is 5. The topological polar surface area (TPSA) is 73.7 Å². The Hall–Kier alpha value is -4.36. The molecule has 0 bridgehead atoms. The maximum atomic E-state index is 13.8. The summed E-state index contributed by atoms with van der Waals surface area (Å²) in [7, 11) is 2.19. The largest absolute Gasteiger partial charge is 0.341 e. The third-order valence-electron chi connectivity index (χ3n) is 8.22. The van der Waals surface area contributed by atoms with Crippen LogP contribution in [-0.4, -0.2) is 58.2 Å². The van der Waals surface area contributed by atoms with Gasteiger partial charge in [0.1, 0.15) is 11.7 Å². The van der Waals surface area contributed by atoms with Gasteiger partial charge in [0.25, 0.3) is 5.91 Å². The zero-order valence-electron chi connectivity index (χ0n) is 25.3. The predicted octanol–water partition coefficient (Wildman–Crippen LogP) is 6.74. The van der Waals surface area contributed by atoms with Crippen molar-refractivity contribution in [3.05, 3.63) is 107 Å². The third-order valence-corrected chi connectivity index (χ3v) is 8.22. The maximum Gasteiger partial charge on any atom is 0.260 e. The number of piperidine rings is 1. The number of aromatic nitrogens is 2. The lowest BCUT2D eigenvalue weighted by Gasteiger charge is -2.30. The van der Waals surface area contributed by atoms with Crippen molar-refractivity contribution >= 4 is 23.0 Å². The molecule has 5 rings (SSSR count). The summed E-state index contributed by atoms with van der Waals surface area (Å²) in [6.07, 6.45) is 9.70. The van der Waals surface area contributed by atoms with E-state index in [1.54, 1.807) is 17.3 Å². The summed E-state index contributed by atoms with van der Waals surface area (Å²) in [6.45, 7) is 14.8. The molecular formula is C35H40N6O. The van der Waals surface area contributed by atoms with Crippen LogP contribution in [0.3, 0.4) is 0 Å². The number of rotatable bonds is 7. The van der Waals surface area contributed by atoms with E-state index in [0.29, 0.717) is 29.7 Å². The number of aryl methyl sites for hydroxylation is 2. The molecule has 3 heterocycles. The van der Waals surface area contributed by atoms with Crippen LogP contribution in [0.1, 0.15) is 55.0 Å². The predicted molar refractivity (Wildman–Crippen MR) is 172 cm³/mol. The summed E-state index contributed by atoms with van der Waals surface area (Å²) in [5.74, 6) is 1.61. The number of likely N-dealkylation sites (N-methyl/N-ethyl adjacent to an activating group) is 1. The number of nitrogens with one attached hydrogen (secondary N) is 1. The van der Waals surface area contributed by atoms with Gasteiger partial charge in [-0.2, -0.15) is 0 Å². The lowest BCUT2D eigenvalue weighted by atomic mass is 9.89. The van der Waals surface area contributed by atoms with Crippen LogP contribution in [-0.2, 0) is 4.79 Å². The third kappa shape index (κ3) is 6.11. The number of amidine groups is 1. The quantitative estimate of drug-likeness (QED) is 0.346. The van der Waals surface area contributed by atoms with Crippen molar-refractivity contribution in [1.29, 1.82) is 0 Å². The van der Waals surface area contributed by atoms with Crippen LogP contribution in [0.25, 0.3) is 16.8 Å². The van der Waals surface area contributed by atoms with Gasteiger partial charge in [-0.25, -0.2) is 4.99 Å². The molecule has 0 saturated carbocycles. The molecule has 7 heteroatoms. The molecule has 3 aromatic rings. The van der Waals surface area contributed by atoms with Crippen LogP contribution < -0.4 is 5.32 Å². The number of likely N-dealkylation sites (tertiary alicyclic amines) is 1. The van der Waals surface area contributed by atoms with E-state index in [1.165, 1.54) is 18.4 Å². The van der Waals surface area contributed by atoms with Crippen molar-refractivity contribution in [2.24, 2.45) is 4.99 Å². The van der Waals surface area contributed by atoms with E-state index in [9.17, 15) is 4.79 Å². The molecule has 2 aliphatic heterocycles. The average molecular weight is 561 g/mol. The highest BCUT2D eigenvalue weighted by molar-refractivity contribution is 6.31. The Morgan fingerprint density at radius 1 is 1.10 bits per heavy atom. The molecule has 2 aromatic carbocycles. The molecular weight excluding hydrogens is 520 g/mol. The average Bonchev–Trinajstić information content (AvgIpc) is 2.99. The minimum absolute atomic E-state index is 0.0799. The van der Waals surface area contributed by atoms with E-state index in [4.69, 9.17) is 4.99 Å². The van der Waals surface area contributed by atoms with Gasteiger partial charge in [0, 0.05) is 41.3 Å². The highest BCUT2D eigenvalue weighted by Crippen LogP contribution is 2.32. The molecule has 216 valence electrons. The normalized spacial score (nSPS) is 18.5. The molecule has 1 fully saturated rings. The minimum Gasteiger partial charge on any atom is -0.341 e. The van der Waals surface area contributed by atoms with Crippen LogP contribution in [0.5, 0.6) is 0 Å². The van der Waals surface area contributed by atoms with Crippen molar-refractivity contribution in [3.8, 4) is 11.3 Å². The number of amides is 1. The Morgan fingerprint density at radius 2 is 1.81 bits per heavy atom. The molecule has 0 unspecified atom stereocenters. The number of benzene rings is 2. The van der Waals surface area contributed by atoms with Gasteiger partial charge in [-0.05, 0) is 108 Å². The molecule has 1 N–H and O–H groups in total. The summed E-state index contributed by atoms with van der Waals surface area (Å²) < 4.78 is 0. The Balaban J connectivity index is 1.37. The first-order chi connectivity index (χ1) is 20.3. The van der Waals surface area contributed by atoms with Gasteiger partial charge >= 0.3 is 0 Å². The van der Waals surface area contributed by atoms with E-state index >= 15 is 0 Å². The molecule has 7 nitrogen and oxygen atoms in total. The number of allylic oxidation sites excluding steroid dienone is 1. The molecule has 0 radical (unpaired) electrons. The number of anilines is 1. The van der Waals surface area contributed by atoms with E-state index < -0.39 is 0 Å². The monoisotopic (exact) mass is 560 g/mol. The summed E-state index contributed by atoms with van der Waals surface area (Å²) in [4.78, 5) is 31.6. The van der Waals surface area contributed by atoms with E-state index in [0.717, 1.165) is 52.4 Å². The second-order valence-corrected chi connectivity index (χ2v) is 11.1. The first-order valence-corrected chi connectivity index (χ1v) is 14.7. The van der Waals surface area contributed by atoms with Gasteiger partial charge in [0.05, 0.1) is 11.4 Å². The van der Waals surface area contributed by atoms with Crippen LogP contribution >= 0.6 is 0 Å². The van der Waals surface area contributed by atoms with Crippen molar-refractivity contribution < 1.29 is 4.79 Å². The summed E-state index contributed by atoms with van der Waals surface area (Å²) >= 11 is 0. The van der Waals surface area contributed by atoms with Gasteiger partial charge in [0.15, 0.2) is 0 Å². The molecule has 0 spiro atoms. The number of hydrogen-bond donors (Lipinski definition) is 1. The Labute approximate surface area is 249 Å². The molecule has 1 aromatic heterocycles. The first kappa shape index (κ1) is 29.1. The SMILES string of the molecule is C=C(/N=C1\C(=C/C)C=C(c2ccc(-c3nccnc3C)cc2C)C(=O)N1CC)Nc1ccc(C2CCN(C)CC2)cc1. The second-order valence-electron chi connectivity index (χ2n) is 11.1. The maximum absolute atomic E-state index is 13.8. The van der Waals surface area contributed by atoms with Crippen molar-refractivity contribution in [2.45, 2.75) is 46.5 Å². The lowest BCUT2D eigenvalue weighted by molar-refractivity contribution is -0.121. The fourth-order valence-electron chi connectivity index (χ4n) is 5.81. The number of carbonyl (C=O) groups is 1. The van der Waals surface area contributed by atoms with Crippen molar-refractivity contribution in [2.75, 3.05) is 32.0 Å². The number of hydrogen-bond acceptors (Lipinski definition) is 6. The molecule has 2 aliphatic rings. The molecule has 1 saturated heterocycles. The van der Waals surface area contributed by atoms with Crippen LogP contribution in [0, 0.1) is 13.8 Å². The fourth-order valence-corrected chi connectivity index (χ4v) is 5.81. The van der Waals surface area contributed by atoms with Crippen molar-refractivity contribution in [3.63, 3.8) is 0 Å². The summed E-state index contributed by atoms with van der Waals surface area (Å²) in [5.41, 5.74) is 8.41. The minimum atomic E-state index is -0.0799. The standard InChI is InChI=1S/C35H40N6O/c1-7-26-22-32(31-14-11-29(21-23(31)3)33-24(4)36-17-18-37-33)35(42)41(8-2)34(26)39-25(5)38-30-12-9-27(10-13-30)28-15-19-40(6)20-16-28/h7,9-14,17-18,21-22,28,38H,5,8,15-16,19-20H2,1-4,6H3/b26-7-,39-34+. The van der Waals surface area contributed by atoms with E-state index in [-0.39, 0.29) is 5.91 Å². The van der Waals surface area contributed by atoms with Gasteiger partial charge in [-0.1, -0.05) is 36.9 Å². The molecule has 42 heavy (non-hydrogen) atoms. The number of carbonyl (C=O) groups excluding carboxylic acids is 1. The highest BCUT2D eigenvalue weighted by Gasteiger charge is 2.30. The van der Waals surface area contributed by atoms with Crippen molar-refractivity contribution in [1.82, 2.24) is 19.8 Å². The van der Waals surface area contributed by atoms with Crippen LogP contribution in [0.4, 0.5) is 5.69 Å². The smallest absolute Gasteiger partial charge is 0.260 e. The Bertz CT molecular complexity index is 1580. The highest BCUT2D eigenvalue weighted by atomic mass is 16.2. The van der Waals surface area contributed by atoms with E-state index in [2.05, 4.69) is 64.1 Å². The lowest BCUT2D eigenvalue weighted by Crippen LogP contribution is -2.41. The zero-order valence-corrected chi connectivity index (χ0v) is 25.3. The zero-order chi connectivity index (χ0) is 29.8. The number of aliphatic imine (C=N–C) groups is 1. The fraction of sp³-hybridized carbons (Fsp3) is 0.314. The summed E-state index contributed by atoms with van der Waals surface area (Å²) in [6, 6.07) is 14.7. The van der Waals surface area contributed by atoms with Crippen LogP contribution in [0.15, 0.2) is 90.0 Å². The van der Waals surface area contributed by atoms with Gasteiger partial charge in [0.2, 0.25) is 0 Å². The Morgan fingerprint density at radius 3 is 2.45 bits per heavy atom. The summed E-state index contributed by atoms with van der Waals surface area (Å²) in [5, 5.41) is 3.32. The van der Waals surface area contributed by atoms with Crippen LogP contribution in [0.2, 0.25) is 0 Å². The first-order valence-electron chi connectivity index (χ1n) is 14.7. The van der Waals surface area contributed by atoms with E-state index in [1.807, 2.05) is 52.0 Å². The molecule has 0 aliphatic carbocycles. The van der Waals surface area contributed by atoms with Gasteiger partial charge in [-0.3, -0.25) is 19.7 Å². The van der Waals surface area contributed by atoms with Gasteiger partial charge < -0.3 is 10.2 Å². The van der Waals surface area contributed by atoms with Gasteiger partial charge in [-0.15, -0.1) is 0 Å². The molecule has 1 amide bonds. The Kier molecular flexibility index (Phi) is 8.78. The molecule has 0 atom stereocenters.